The molecule has 1 aromatic heterocycles. The van der Waals surface area contributed by atoms with E-state index in [-0.39, 0.29) is 6.04 Å². The normalized spacial score (nSPS) is 13.3. The van der Waals surface area contributed by atoms with Crippen LogP contribution in [0.25, 0.3) is 0 Å². The number of benzene rings is 1. The number of halogens is 3. The molecule has 0 amide bonds. The van der Waals surface area contributed by atoms with Crippen LogP contribution in [0.1, 0.15) is 35.5 Å². The molecular weight excluding hydrogens is 267 g/mol. The van der Waals surface area contributed by atoms with Crippen molar-refractivity contribution in [1.82, 2.24) is 10.2 Å². The minimum Gasteiger partial charge on any atom is -0.376 e. The molecule has 20 heavy (non-hydrogen) atoms. The van der Waals surface area contributed by atoms with Crippen molar-refractivity contribution in [3.63, 3.8) is 0 Å². The lowest BCUT2D eigenvalue weighted by Gasteiger charge is -2.17. The second kappa shape index (κ2) is 5.19. The highest BCUT2D eigenvalue weighted by Gasteiger charge is 2.30. The number of aromatic nitrogens is 2. The van der Waals surface area contributed by atoms with Gasteiger partial charge in [-0.2, -0.15) is 18.3 Å². The molecule has 1 unspecified atom stereocenters. The molecule has 0 fully saturated rings. The molecule has 1 aromatic carbocycles. The van der Waals surface area contributed by atoms with Crippen LogP contribution in [-0.2, 0) is 6.18 Å². The highest BCUT2D eigenvalue weighted by atomic mass is 19.4. The number of hydrogen-bond donors (Lipinski definition) is 2. The highest BCUT2D eigenvalue weighted by Crippen LogP contribution is 2.31. The fourth-order valence-electron chi connectivity index (χ4n) is 2.05. The molecule has 0 saturated heterocycles. The summed E-state index contributed by atoms with van der Waals surface area (Å²) >= 11 is 0. The Hall–Kier alpha value is -1.98. The number of alkyl halides is 3. The fourth-order valence-corrected chi connectivity index (χ4v) is 2.05. The molecule has 2 rings (SSSR count). The molecule has 0 aliphatic rings. The smallest absolute Gasteiger partial charge is 0.376 e. The SMILES string of the molecule is Cc1n[nH]c(C)c1NC(C)c1cccc(C(F)(F)F)c1. The van der Waals surface area contributed by atoms with E-state index in [1.165, 1.54) is 12.1 Å². The van der Waals surface area contributed by atoms with Crippen LogP contribution in [0.3, 0.4) is 0 Å². The molecular formula is C14H16F3N3. The van der Waals surface area contributed by atoms with Gasteiger partial charge in [-0.1, -0.05) is 12.1 Å². The van der Waals surface area contributed by atoms with Crippen LogP contribution in [0.2, 0.25) is 0 Å². The monoisotopic (exact) mass is 283 g/mol. The van der Waals surface area contributed by atoms with E-state index in [9.17, 15) is 13.2 Å². The maximum absolute atomic E-state index is 12.7. The molecule has 2 aromatic rings. The summed E-state index contributed by atoms with van der Waals surface area (Å²) in [5.74, 6) is 0. The number of H-pyrrole nitrogens is 1. The molecule has 108 valence electrons. The zero-order chi connectivity index (χ0) is 14.9. The topological polar surface area (TPSA) is 40.7 Å². The van der Waals surface area contributed by atoms with Crippen molar-refractivity contribution >= 4 is 5.69 Å². The Labute approximate surface area is 115 Å². The number of nitrogens with zero attached hydrogens (tertiary/aromatic N) is 1. The quantitative estimate of drug-likeness (QED) is 0.885. The number of rotatable bonds is 3. The third kappa shape index (κ3) is 2.95. The first-order valence-electron chi connectivity index (χ1n) is 6.24. The van der Waals surface area contributed by atoms with E-state index >= 15 is 0 Å². The zero-order valence-corrected chi connectivity index (χ0v) is 11.5. The van der Waals surface area contributed by atoms with Gasteiger partial charge in [-0.3, -0.25) is 5.10 Å². The van der Waals surface area contributed by atoms with Gasteiger partial charge in [0.1, 0.15) is 0 Å². The third-order valence-corrected chi connectivity index (χ3v) is 3.20. The molecule has 2 N–H and O–H groups in total. The summed E-state index contributed by atoms with van der Waals surface area (Å²) in [5.41, 5.74) is 2.43. The van der Waals surface area contributed by atoms with Crippen LogP contribution in [0, 0.1) is 13.8 Å². The first-order valence-corrected chi connectivity index (χ1v) is 6.24. The summed E-state index contributed by atoms with van der Waals surface area (Å²) in [4.78, 5) is 0. The zero-order valence-electron chi connectivity index (χ0n) is 11.5. The standard InChI is InChI=1S/C14H16F3N3/c1-8(18-13-9(2)19-20-10(13)3)11-5-4-6-12(7-11)14(15,16)17/h4-8,18H,1-3H3,(H,19,20). The van der Waals surface area contributed by atoms with Crippen LogP contribution in [0.5, 0.6) is 0 Å². The van der Waals surface area contributed by atoms with Gasteiger partial charge in [0.25, 0.3) is 0 Å². The maximum atomic E-state index is 12.7. The van der Waals surface area contributed by atoms with Crippen molar-refractivity contribution in [3.05, 3.63) is 46.8 Å². The molecule has 6 heteroatoms. The molecule has 0 aliphatic carbocycles. The summed E-state index contributed by atoms with van der Waals surface area (Å²) in [7, 11) is 0. The van der Waals surface area contributed by atoms with E-state index < -0.39 is 11.7 Å². The molecule has 0 saturated carbocycles. The lowest BCUT2D eigenvalue weighted by atomic mass is 10.0. The first kappa shape index (κ1) is 14.4. The van der Waals surface area contributed by atoms with Crippen molar-refractivity contribution in [2.75, 3.05) is 5.32 Å². The van der Waals surface area contributed by atoms with Gasteiger partial charge in [-0.15, -0.1) is 0 Å². The minimum atomic E-state index is -4.32. The number of aromatic amines is 1. The van der Waals surface area contributed by atoms with Crippen molar-refractivity contribution in [2.45, 2.75) is 33.0 Å². The maximum Gasteiger partial charge on any atom is 0.416 e. The average molecular weight is 283 g/mol. The van der Waals surface area contributed by atoms with Gasteiger partial charge >= 0.3 is 6.18 Å². The Morgan fingerprint density at radius 2 is 1.95 bits per heavy atom. The Balaban J connectivity index is 2.24. The highest BCUT2D eigenvalue weighted by molar-refractivity contribution is 5.53. The van der Waals surface area contributed by atoms with E-state index in [4.69, 9.17) is 0 Å². The summed E-state index contributed by atoms with van der Waals surface area (Å²) in [6.45, 7) is 5.52. The molecule has 3 nitrogen and oxygen atoms in total. The predicted octanol–water partition coefficient (Wildman–Crippen LogP) is 4.22. The number of nitrogens with one attached hydrogen (secondary N) is 2. The van der Waals surface area contributed by atoms with Gasteiger partial charge in [-0.05, 0) is 38.5 Å². The third-order valence-electron chi connectivity index (χ3n) is 3.20. The van der Waals surface area contributed by atoms with E-state index in [0.29, 0.717) is 5.56 Å². The molecule has 0 spiro atoms. The van der Waals surface area contributed by atoms with E-state index in [0.717, 1.165) is 23.1 Å². The predicted molar refractivity (Wildman–Crippen MR) is 71.5 cm³/mol. The summed E-state index contributed by atoms with van der Waals surface area (Å²) in [5, 5.41) is 10.1. The number of anilines is 1. The molecule has 1 atom stereocenters. The number of aryl methyl sites for hydroxylation is 2. The first-order chi connectivity index (χ1) is 9.29. The van der Waals surface area contributed by atoms with Crippen molar-refractivity contribution in [2.24, 2.45) is 0 Å². The Kier molecular flexibility index (Phi) is 3.74. The van der Waals surface area contributed by atoms with Gasteiger partial charge in [0.05, 0.1) is 22.6 Å². The van der Waals surface area contributed by atoms with Crippen LogP contribution < -0.4 is 5.32 Å². The molecule has 0 bridgehead atoms. The van der Waals surface area contributed by atoms with Gasteiger partial charge in [0.2, 0.25) is 0 Å². The Morgan fingerprint density at radius 1 is 1.25 bits per heavy atom. The van der Waals surface area contributed by atoms with E-state index in [1.54, 1.807) is 6.07 Å². The fraction of sp³-hybridized carbons (Fsp3) is 0.357. The van der Waals surface area contributed by atoms with Crippen LogP contribution >= 0.6 is 0 Å². The second-order valence-electron chi connectivity index (χ2n) is 4.80. The Bertz CT molecular complexity index is 582. The summed E-state index contributed by atoms with van der Waals surface area (Å²) in [6, 6.07) is 5.10. The lowest BCUT2D eigenvalue weighted by molar-refractivity contribution is -0.137. The van der Waals surface area contributed by atoms with Gasteiger partial charge < -0.3 is 5.32 Å². The van der Waals surface area contributed by atoms with E-state index in [1.807, 2.05) is 20.8 Å². The van der Waals surface area contributed by atoms with Crippen LogP contribution in [-0.4, -0.2) is 10.2 Å². The molecule has 0 aliphatic heterocycles. The average Bonchev–Trinajstić information content (AvgIpc) is 2.69. The lowest BCUT2D eigenvalue weighted by Crippen LogP contribution is -2.10. The molecule has 1 heterocycles. The molecule has 0 radical (unpaired) electrons. The van der Waals surface area contributed by atoms with Crippen LogP contribution in [0.4, 0.5) is 18.9 Å². The van der Waals surface area contributed by atoms with E-state index in [2.05, 4.69) is 15.5 Å². The van der Waals surface area contributed by atoms with Crippen molar-refractivity contribution < 1.29 is 13.2 Å². The largest absolute Gasteiger partial charge is 0.416 e. The van der Waals surface area contributed by atoms with Crippen molar-refractivity contribution in [1.29, 1.82) is 0 Å². The number of hydrogen-bond acceptors (Lipinski definition) is 2. The van der Waals surface area contributed by atoms with Gasteiger partial charge in [-0.25, -0.2) is 0 Å². The summed E-state index contributed by atoms with van der Waals surface area (Å²) < 4.78 is 38.1. The Morgan fingerprint density at radius 3 is 2.50 bits per heavy atom. The van der Waals surface area contributed by atoms with Crippen LogP contribution in [0.15, 0.2) is 24.3 Å². The van der Waals surface area contributed by atoms with Crippen molar-refractivity contribution in [3.8, 4) is 0 Å². The minimum absolute atomic E-state index is 0.243. The van der Waals surface area contributed by atoms with Gasteiger partial charge in [0, 0.05) is 6.04 Å². The second-order valence-corrected chi connectivity index (χ2v) is 4.80. The summed E-state index contributed by atoms with van der Waals surface area (Å²) in [6.07, 6.45) is -4.32. The van der Waals surface area contributed by atoms with Gasteiger partial charge in [0.15, 0.2) is 0 Å².